The Morgan fingerprint density at radius 2 is 2.58 bits per heavy atom. The highest BCUT2D eigenvalue weighted by atomic mass is 16.5. The quantitative estimate of drug-likeness (QED) is 0.687. The Kier molecular flexibility index (Phi) is 1.82. The summed E-state index contributed by atoms with van der Waals surface area (Å²) >= 11 is 0. The number of hydrogen-bond acceptors (Lipinski definition) is 5. The normalized spacial score (nSPS) is 20.4. The van der Waals surface area contributed by atoms with Crippen molar-refractivity contribution in [3.05, 3.63) is 12.2 Å². The van der Waals surface area contributed by atoms with Crippen LogP contribution in [0.2, 0.25) is 0 Å². The van der Waals surface area contributed by atoms with E-state index < -0.39 is 0 Å². The van der Waals surface area contributed by atoms with Gasteiger partial charge in [0.15, 0.2) is 6.33 Å². The maximum atomic E-state index is 5.55. The first kappa shape index (κ1) is 7.70. The zero-order valence-corrected chi connectivity index (χ0v) is 6.91. The van der Waals surface area contributed by atoms with Gasteiger partial charge in [0.2, 0.25) is 0 Å². The van der Waals surface area contributed by atoms with E-state index in [-0.39, 0.29) is 5.60 Å². The van der Waals surface area contributed by atoms with Crippen LogP contribution in [0, 0.1) is 0 Å². The Morgan fingerprint density at radius 1 is 1.75 bits per heavy atom. The van der Waals surface area contributed by atoms with Crippen molar-refractivity contribution in [3.63, 3.8) is 0 Å². The molecule has 1 N–H and O–H groups in total. The number of nitrogens with zero attached hydrogens (tertiary/aromatic N) is 2. The monoisotopic (exact) mass is 169 g/mol. The van der Waals surface area contributed by atoms with Crippen molar-refractivity contribution in [2.75, 3.05) is 13.1 Å². The second-order valence-corrected chi connectivity index (χ2v) is 3.18. The minimum Gasteiger partial charge on any atom is -0.363 e. The van der Waals surface area contributed by atoms with Crippen LogP contribution in [0.25, 0.3) is 0 Å². The van der Waals surface area contributed by atoms with Crippen LogP contribution < -0.4 is 5.32 Å². The lowest BCUT2D eigenvalue weighted by atomic mass is 10.0. The molecule has 0 atom stereocenters. The van der Waals surface area contributed by atoms with Gasteiger partial charge in [-0.3, -0.25) is 0 Å². The zero-order valence-electron chi connectivity index (χ0n) is 6.91. The van der Waals surface area contributed by atoms with Crippen LogP contribution in [0.3, 0.4) is 0 Å². The Morgan fingerprint density at radius 3 is 3.08 bits per heavy atom. The van der Waals surface area contributed by atoms with Crippen molar-refractivity contribution < 1.29 is 9.26 Å². The summed E-state index contributed by atoms with van der Waals surface area (Å²) in [5.41, 5.74) is -0.0472. The third-order valence-corrected chi connectivity index (χ3v) is 1.95. The summed E-state index contributed by atoms with van der Waals surface area (Å²) in [6.45, 7) is 4.24. The van der Waals surface area contributed by atoms with Crippen LogP contribution >= 0.6 is 0 Å². The van der Waals surface area contributed by atoms with E-state index in [4.69, 9.17) is 9.26 Å². The summed E-state index contributed by atoms with van der Waals surface area (Å²) in [4.78, 5) is 3.85. The lowest BCUT2D eigenvalue weighted by Gasteiger charge is -2.38. The van der Waals surface area contributed by atoms with E-state index in [1.165, 1.54) is 6.33 Å². The van der Waals surface area contributed by atoms with Crippen LogP contribution in [0.1, 0.15) is 12.8 Å². The minimum atomic E-state index is -0.0472. The molecular formula is C7H11N3O2. The van der Waals surface area contributed by atoms with Crippen molar-refractivity contribution >= 4 is 0 Å². The highest BCUT2D eigenvalue weighted by molar-refractivity contribution is 4.90. The fourth-order valence-corrected chi connectivity index (χ4v) is 1.07. The van der Waals surface area contributed by atoms with Crippen molar-refractivity contribution in [1.29, 1.82) is 0 Å². The molecule has 0 aliphatic carbocycles. The standard InChI is InChI=1S/C7H11N3O2/c1-7(3-8-4-7)11-2-6-9-5-10-12-6/h5,8H,2-4H2,1H3. The maximum absolute atomic E-state index is 5.55. The molecule has 0 saturated carbocycles. The van der Waals surface area contributed by atoms with Gasteiger partial charge in [0, 0.05) is 13.1 Å². The van der Waals surface area contributed by atoms with E-state index in [0.29, 0.717) is 12.5 Å². The van der Waals surface area contributed by atoms with E-state index >= 15 is 0 Å². The van der Waals surface area contributed by atoms with Crippen LogP contribution in [-0.4, -0.2) is 28.8 Å². The molecule has 1 saturated heterocycles. The molecule has 0 aromatic carbocycles. The average molecular weight is 169 g/mol. The first-order chi connectivity index (χ1) is 5.79. The fraction of sp³-hybridized carbons (Fsp3) is 0.714. The van der Waals surface area contributed by atoms with E-state index in [1.807, 2.05) is 0 Å². The fourth-order valence-electron chi connectivity index (χ4n) is 1.07. The van der Waals surface area contributed by atoms with Gasteiger partial charge in [0.1, 0.15) is 6.61 Å². The summed E-state index contributed by atoms with van der Waals surface area (Å²) in [5.74, 6) is 0.531. The van der Waals surface area contributed by atoms with Crippen molar-refractivity contribution in [2.45, 2.75) is 19.1 Å². The smallest absolute Gasteiger partial charge is 0.252 e. The van der Waals surface area contributed by atoms with E-state index in [2.05, 4.69) is 22.4 Å². The van der Waals surface area contributed by atoms with Crippen LogP contribution in [0.5, 0.6) is 0 Å². The van der Waals surface area contributed by atoms with Crippen LogP contribution in [-0.2, 0) is 11.3 Å². The van der Waals surface area contributed by atoms with Gasteiger partial charge in [0.25, 0.3) is 5.89 Å². The van der Waals surface area contributed by atoms with Gasteiger partial charge in [-0.15, -0.1) is 0 Å². The molecule has 0 radical (unpaired) electrons. The summed E-state index contributed by atoms with van der Waals surface area (Å²) in [7, 11) is 0. The number of ether oxygens (including phenoxy) is 1. The lowest BCUT2D eigenvalue weighted by molar-refractivity contribution is -0.0841. The molecular weight excluding hydrogens is 158 g/mol. The third-order valence-electron chi connectivity index (χ3n) is 1.95. The molecule has 12 heavy (non-hydrogen) atoms. The van der Waals surface area contributed by atoms with Crippen molar-refractivity contribution in [3.8, 4) is 0 Å². The molecule has 1 fully saturated rings. The first-order valence-electron chi connectivity index (χ1n) is 3.89. The molecule has 1 aromatic rings. The number of aromatic nitrogens is 2. The molecule has 0 unspecified atom stereocenters. The molecule has 2 heterocycles. The average Bonchev–Trinajstić information content (AvgIpc) is 2.49. The lowest BCUT2D eigenvalue weighted by Crippen LogP contribution is -2.58. The molecule has 1 aromatic heterocycles. The summed E-state index contributed by atoms with van der Waals surface area (Å²) in [6.07, 6.45) is 1.38. The van der Waals surface area contributed by atoms with Gasteiger partial charge in [0.05, 0.1) is 5.60 Å². The van der Waals surface area contributed by atoms with Gasteiger partial charge in [-0.1, -0.05) is 5.16 Å². The first-order valence-corrected chi connectivity index (χ1v) is 3.89. The van der Waals surface area contributed by atoms with Crippen molar-refractivity contribution in [1.82, 2.24) is 15.5 Å². The van der Waals surface area contributed by atoms with Gasteiger partial charge in [-0.05, 0) is 6.92 Å². The molecule has 0 spiro atoms. The van der Waals surface area contributed by atoms with Gasteiger partial charge < -0.3 is 14.6 Å². The number of nitrogens with one attached hydrogen (secondary N) is 1. The van der Waals surface area contributed by atoms with E-state index in [0.717, 1.165) is 13.1 Å². The summed E-state index contributed by atoms with van der Waals surface area (Å²) < 4.78 is 10.3. The summed E-state index contributed by atoms with van der Waals surface area (Å²) in [6, 6.07) is 0. The third kappa shape index (κ3) is 1.46. The molecule has 0 amide bonds. The second-order valence-electron chi connectivity index (χ2n) is 3.18. The van der Waals surface area contributed by atoms with Gasteiger partial charge in [-0.2, -0.15) is 4.98 Å². The molecule has 1 aliphatic heterocycles. The highest BCUT2D eigenvalue weighted by Crippen LogP contribution is 2.16. The minimum absolute atomic E-state index is 0.0472. The van der Waals surface area contributed by atoms with E-state index in [1.54, 1.807) is 0 Å². The van der Waals surface area contributed by atoms with E-state index in [9.17, 15) is 0 Å². The Hall–Kier alpha value is -0.940. The molecule has 5 heteroatoms. The molecule has 0 bridgehead atoms. The topological polar surface area (TPSA) is 60.2 Å². The van der Waals surface area contributed by atoms with Crippen LogP contribution in [0.4, 0.5) is 0 Å². The predicted molar refractivity (Wildman–Crippen MR) is 40.4 cm³/mol. The largest absolute Gasteiger partial charge is 0.363 e. The summed E-state index contributed by atoms with van der Waals surface area (Å²) in [5, 5.41) is 6.63. The molecule has 5 nitrogen and oxygen atoms in total. The Labute approximate surface area is 70.1 Å². The number of hydrogen-bond donors (Lipinski definition) is 1. The van der Waals surface area contributed by atoms with Gasteiger partial charge >= 0.3 is 0 Å². The molecule has 66 valence electrons. The zero-order chi connectivity index (χ0) is 8.44. The highest BCUT2D eigenvalue weighted by Gasteiger charge is 2.32. The predicted octanol–water partition coefficient (Wildman–Crippen LogP) is -0.0519. The van der Waals surface area contributed by atoms with Crippen molar-refractivity contribution in [2.24, 2.45) is 0 Å². The Balaban J connectivity index is 1.82. The second kappa shape index (κ2) is 2.84. The SMILES string of the molecule is CC1(OCc2ncno2)CNC1. The molecule has 2 rings (SSSR count). The molecule has 1 aliphatic rings. The van der Waals surface area contributed by atoms with Crippen LogP contribution in [0.15, 0.2) is 10.9 Å². The van der Waals surface area contributed by atoms with Gasteiger partial charge in [-0.25, -0.2) is 0 Å². The number of rotatable bonds is 3. The Bertz CT molecular complexity index is 243. The maximum Gasteiger partial charge on any atom is 0.252 e.